The number of nitrogens with zero attached hydrogens (tertiary/aromatic N) is 5. The monoisotopic (exact) mass is 605 g/mol. The molecule has 43 heavy (non-hydrogen) atoms. The van der Waals surface area contributed by atoms with Gasteiger partial charge in [0.05, 0.1) is 31.1 Å². The second-order valence-corrected chi connectivity index (χ2v) is 16.3. The summed E-state index contributed by atoms with van der Waals surface area (Å²) < 4.78 is 14.2. The van der Waals surface area contributed by atoms with Gasteiger partial charge in [0.2, 0.25) is 5.91 Å². The lowest BCUT2D eigenvalue weighted by Crippen LogP contribution is -2.46. The van der Waals surface area contributed by atoms with Crippen LogP contribution in [0.25, 0.3) is 0 Å². The molecule has 2 saturated heterocycles. The number of fused-ring (bicyclic) bond motifs is 2. The lowest BCUT2D eigenvalue weighted by molar-refractivity contribution is -0.146. The summed E-state index contributed by atoms with van der Waals surface area (Å²) in [6, 6.07) is 13.4. The van der Waals surface area contributed by atoms with Crippen LogP contribution in [0.15, 0.2) is 48.7 Å². The molecule has 2 N–H and O–H groups in total. The summed E-state index contributed by atoms with van der Waals surface area (Å²) in [5.74, 6) is 0.257. The van der Waals surface area contributed by atoms with E-state index in [1.807, 2.05) is 68.7 Å². The number of rotatable bonds is 10. The molecule has 3 aliphatic heterocycles. The van der Waals surface area contributed by atoms with Gasteiger partial charge in [0, 0.05) is 61.4 Å². The van der Waals surface area contributed by atoms with E-state index in [1.165, 1.54) is 0 Å². The van der Waals surface area contributed by atoms with Crippen molar-refractivity contribution in [3.63, 3.8) is 0 Å². The van der Waals surface area contributed by atoms with Gasteiger partial charge in [-0.1, -0.05) is 24.3 Å². The molecule has 0 radical (unpaired) electrons. The van der Waals surface area contributed by atoms with E-state index in [0.717, 1.165) is 22.5 Å². The third kappa shape index (κ3) is 5.05. The molecular formula is C31H39N5O6Si. The highest BCUT2D eigenvalue weighted by Crippen LogP contribution is 2.60. The average molecular weight is 606 g/mol. The third-order valence-corrected chi connectivity index (χ3v) is 11.7. The number of aromatic nitrogens is 3. The quantitative estimate of drug-likeness (QED) is 0.267. The van der Waals surface area contributed by atoms with Crippen LogP contribution in [-0.4, -0.2) is 71.4 Å². The van der Waals surface area contributed by atoms with E-state index >= 15 is 0 Å². The number of β-lactam (4-membered cyclic amide) rings is 1. The Kier molecular flexibility index (Phi) is 7.65. The Labute approximate surface area is 252 Å². The molecular weight excluding hydrogens is 566 g/mol. The van der Waals surface area contributed by atoms with Gasteiger partial charge >= 0.3 is 0 Å². The molecule has 4 atom stereocenters. The minimum Gasteiger partial charge on any atom is -0.497 e. The Morgan fingerprint density at radius 1 is 1.19 bits per heavy atom. The van der Waals surface area contributed by atoms with Crippen molar-refractivity contribution in [2.45, 2.75) is 69.6 Å². The number of methoxy groups -OCH3 is 1. The van der Waals surface area contributed by atoms with Gasteiger partial charge in [0.1, 0.15) is 5.75 Å². The van der Waals surface area contributed by atoms with E-state index in [0.29, 0.717) is 50.3 Å². The molecule has 4 heterocycles. The molecule has 3 aliphatic rings. The fraction of sp³-hybridized carbons (Fsp3) is 0.484. The molecule has 2 amide bonds. The highest BCUT2D eigenvalue weighted by atomic mass is 28.4. The lowest BCUT2D eigenvalue weighted by atomic mass is 9.82. The first kappa shape index (κ1) is 29.5. The number of carbonyl (C=O) groups excluding carboxylic acids is 2. The van der Waals surface area contributed by atoms with E-state index in [4.69, 9.17) is 9.47 Å². The zero-order chi connectivity index (χ0) is 30.5. The number of carbonyl (C=O) groups is 2. The third-order valence-electron chi connectivity index (χ3n) is 9.20. The highest BCUT2D eigenvalue weighted by molar-refractivity contribution is 6.71. The summed E-state index contributed by atoms with van der Waals surface area (Å²) in [7, 11) is -1.23. The normalized spacial score (nSPS) is 25.0. The SMILES string of the molecule is COc1ccc2c(c1)[C@]1(O[C@@H](CCn3cc(CCO)nn3)[C@H]([Si](C)(C)O)[C@H]1C)C(=O)N2Cc1cccc(N2CCC2=O)c1. The maximum Gasteiger partial charge on any atom is 0.264 e. The van der Waals surface area contributed by atoms with Crippen molar-refractivity contribution in [1.29, 1.82) is 0 Å². The molecule has 3 aromatic rings. The number of hydrogen-bond donors (Lipinski definition) is 2. The second kappa shape index (κ2) is 11.2. The van der Waals surface area contributed by atoms with Gasteiger partial charge in [-0.05, 0) is 55.4 Å². The van der Waals surface area contributed by atoms with Crippen LogP contribution in [0.4, 0.5) is 11.4 Å². The maximum atomic E-state index is 14.7. The molecule has 6 rings (SSSR count). The van der Waals surface area contributed by atoms with Crippen LogP contribution < -0.4 is 14.5 Å². The first-order valence-electron chi connectivity index (χ1n) is 14.9. The summed E-state index contributed by atoms with van der Waals surface area (Å²) in [6.45, 7) is 7.34. The fourth-order valence-corrected chi connectivity index (χ4v) is 9.74. The van der Waals surface area contributed by atoms with Gasteiger partial charge in [-0.25, -0.2) is 0 Å². The summed E-state index contributed by atoms with van der Waals surface area (Å²) in [5, 5.41) is 17.6. The molecule has 0 unspecified atom stereocenters. The smallest absolute Gasteiger partial charge is 0.264 e. The lowest BCUT2D eigenvalue weighted by Gasteiger charge is -2.32. The molecule has 2 fully saturated rings. The Morgan fingerprint density at radius 2 is 2.00 bits per heavy atom. The molecule has 228 valence electrons. The average Bonchev–Trinajstić information content (AvgIpc) is 3.61. The van der Waals surface area contributed by atoms with Gasteiger partial charge in [-0.3, -0.25) is 14.3 Å². The predicted octanol–water partition coefficient (Wildman–Crippen LogP) is 2.99. The van der Waals surface area contributed by atoms with E-state index in [2.05, 4.69) is 10.3 Å². The van der Waals surface area contributed by atoms with E-state index in [9.17, 15) is 19.5 Å². The van der Waals surface area contributed by atoms with Gasteiger partial charge in [-0.2, -0.15) is 0 Å². The molecule has 0 aliphatic carbocycles. The fourth-order valence-electron chi connectivity index (χ4n) is 7.14. The number of hydrogen-bond acceptors (Lipinski definition) is 8. The van der Waals surface area contributed by atoms with Crippen LogP contribution in [0.5, 0.6) is 5.75 Å². The van der Waals surface area contributed by atoms with Gasteiger partial charge in [-0.15, -0.1) is 5.10 Å². The molecule has 1 spiro atoms. The molecule has 1 aromatic heterocycles. The Bertz CT molecular complexity index is 1540. The highest BCUT2D eigenvalue weighted by Gasteiger charge is 2.66. The topological polar surface area (TPSA) is 130 Å². The van der Waals surface area contributed by atoms with Crippen molar-refractivity contribution in [3.05, 3.63) is 65.5 Å². The summed E-state index contributed by atoms with van der Waals surface area (Å²) in [4.78, 5) is 41.8. The second-order valence-electron chi connectivity index (χ2n) is 12.3. The molecule has 0 saturated carbocycles. The molecule has 12 heteroatoms. The largest absolute Gasteiger partial charge is 0.497 e. The van der Waals surface area contributed by atoms with Crippen LogP contribution in [0.3, 0.4) is 0 Å². The van der Waals surface area contributed by atoms with Crippen molar-refractivity contribution >= 4 is 31.5 Å². The minimum absolute atomic E-state index is 0.000995. The maximum absolute atomic E-state index is 14.7. The first-order valence-corrected chi connectivity index (χ1v) is 17.9. The number of aliphatic hydroxyl groups excluding tert-OH is 1. The van der Waals surface area contributed by atoms with E-state index < -0.39 is 20.0 Å². The number of amides is 2. The van der Waals surface area contributed by atoms with Crippen LogP contribution in [-0.2, 0) is 39.4 Å². The van der Waals surface area contributed by atoms with Crippen molar-refractivity contribution in [3.8, 4) is 5.75 Å². The standard InChI is InChI=1S/C31H39N5O6Si/c1-20-29(43(3,4)40)27(10-13-34-19-22(12-15-37)32-33-34)42-31(20)25-17-24(41-2)8-9-26(25)36(30(31)39)18-21-6-5-7-23(16-21)35-14-11-28(35)38/h5-9,16-17,19-20,27,29,37,40H,10-15,18H2,1-4H3/t20-,27+,29-,31+/m1/s1. The number of aliphatic hydroxyl groups is 1. The van der Waals surface area contributed by atoms with E-state index in [-0.39, 0.29) is 29.9 Å². The van der Waals surface area contributed by atoms with Gasteiger partial charge < -0.3 is 29.2 Å². The van der Waals surface area contributed by atoms with Crippen LogP contribution >= 0.6 is 0 Å². The zero-order valence-corrected chi connectivity index (χ0v) is 26.1. The molecule has 11 nitrogen and oxygen atoms in total. The first-order chi connectivity index (χ1) is 20.6. The summed E-state index contributed by atoms with van der Waals surface area (Å²) in [5.41, 5.74) is 2.43. The Hall–Kier alpha value is -3.58. The van der Waals surface area contributed by atoms with E-state index in [1.54, 1.807) is 21.6 Å². The molecule has 0 bridgehead atoms. The number of aryl methyl sites for hydroxylation is 1. The van der Waals surface area contributed by atoms with Crippen LogP contribution in [0, 0.1) is 5.92 Å². The van der Waals surface area contributed by atoms with Gasteiger partial charge in [0.25, 0.3) is 5.91 Å². The Balaban J connectivity index is 1.34. The summed E-state index contributed by atoms with van der Waals surface area (Å²) in [6.07, 6.45) is 2.94. The zero-order valence-electron chi connectivity index (χ0n) is 25.1. The van der Waals surface area contributed by atoms with Crippen molar-refractivity contribution in [2.24, 2.45) is 5.92 Å². The number of benzene rings is 2. The van der Waals surface area contributed by atoms with Gasteiger partial charge in [0.15, 0.2) is 13.9 Å². The molecule has 2 aromatic carbocycles. The predicted molar refractivity (Wildman–Crippen MR) is 162 cm³/mol. The van der Waals surface area contributed by atoms with Crippen LogP contribution in [0.1, 0.15) is 36.6 Å². The summed E-state index contributed by atoms with van der Waals surface area (Å²) >= 11 is 0. The number of ether oxygens (including phenoxy) is 2. The number of anilines is 2. The van der Waals surface area contributed by atoms with Crippen molar-refractivity contribution < 1.29 is 29.0 Å². The minimum atomic E-state index is -2.83. The Morgan fingerprint density at radius 3 is 2.67 bits per heavy atom. The van der Waals surface area contributed by atoms with Crippen molar-refractivity contribution in [2.75, 3.05) is 30.1 Å². The van der Waals surface area contributed by atoms with Crippen LogP contribution in [0.2, 0.25) is 18.6 Å². The van der Waals surface area contributed by atoms with Crippen molar-refractivity contribution in [1.82, 2.24) is 15.0 Å².